The standard InChI is InChI=1S/C21H17N3O5/c1-3-28-21(25)20-19(15(12-22)13-23(20)2)14-4-8-17(9-5-14)29-18-10-6-16(7-11-18)24(26)27/h4-11,13H,3H2,1-2H3. The Morgan fingerprint density at radius 2 is 1.72 bits per heavy atom. The maximum absolute atomic E-state index is 12.3. The molecule has 29 heavy (non-hydrogen) atoms. The molecule has 0 aliphatic heterocycles. The second kappa shape index (κ2) is 8.27. The summed E-state index contributed by atoms with van der Waals surface area (Å²) < 4.78 is 12.4. The number of ether oxygens (including phenoxy) is 2. The fourth-order valence-electron chi connectivity index (χ4n) is 2.91. The molecule has 8 nitrogen and oxygen atoms in total. The molecule has 0 aliphatic rings. The van der Waals surface area contributed by atoms with Crippen molar-refractivity contribution in [2.24, 2.45) is 7.05 Å². The average Bonchev–Trinajstić information content (AvgIpc) is 3.05. The minimum absolute atomic E-state index is 0.0210. The third-order valence-electron chi connectivity index (χ3n) is 4.20. The van der Waals surface area contributed by atoms with Gasteiger partial charge in [0.15, 0.2) is 0 Å². The Hall–Kier alpha value is -4.12. The summed E-state index contributed by atoms with van der Waals surface area (Å²) >= 11 is 0. The molecular weight excluding hydrogens is 374 g/mol. The zero-order valence-corrected chi connectivity index (χ0v) is 15.8. The van der Waals surface area contributed by atoms with Gasteiger partial charge in [0.05, 0.1) is 17.1 Å². The number of hydrogen-bond acceptors (Lipinski definition) is 6. The highest BCUT2D eigenvalue weighted by Crippen LogP contribution is 2.32. The highest BCUT2D eigenvalue weighted by atomic mass is 16.6. The van der Waals surface area contributed by atoms with Gasteiger partial charge in [-0.1, -0.05) is 12.1 Å². The summed E-state index contributed by atoms with van der Waals surface area (Å²) in [6.45, 7) is 1.95. The molecule has 0 saturated heterocycles. The average molecular weight is 391 g/mol. The van der Waals surface area contributed by atoms with E-state index in [1.165, 1.54) is 24.3 Å². The number of nitriles is 1. The van der Waals surface area contributed by atoms with Gasteiger partial charge in [-0.05, 0) is 36.8 Å². The Labute approximate surface area is 166 Å². The molecule has 0 atom stereocenters. The largest absolute Gasteiger partial charge is 0.461 e. The highest BCUT2D eigenvalue weighted by Gasteiger charge is 2.22. The zero-order valence-electron chi connectivity index (χ0n) is 15.8. The van der Waals surface area contributed by atoms with Crippen LogP contribution in [0.4, 0.5) is 5.69 Å². The van der Waals surface area contributed by atoms with E-state index in [0.717, 1.165) is 0 Å². The highest BCUT2D eigenvalue weighted by molar-refractivity contribution is 5.97. The van der Waals surface area contributed by atoms with Gasteiger partial charge >= 0.3 is 5.97 Å². The topological polar surface area (TPSA) is 107 Å². The molecule has 0 spiro atoms. The van der Waals surface area contributed by atoms with Crippen molar-refractivity contribution in [2.75, 3.05) is 6.61 Å². The van der Waals surface area contributed by atoms with Gasteiger partial charge in [0.1, 0.15) is 23.3 Å². The Morgan fingerprint density at radius 3 is 2.24 bits per heavy atom. The summed E-state index contributed by atoms with van der Waals surface area (Å²) in [5, 5.41) is 20.2. The Bertz CT molecular complexity index is 1090. The van der Waals surface area contributed by atoms with Crippen LogP contribution in [0.3, 0.4) is 0 Å². The van der Waals surface area contributed by atoms with E-state index in [1.54, 1.807) is 49.0 Å². The molecule has 8 heteroatoms. The van der Waals surface area contributed by atoms with Crippen molar-refractivity contribution in [3.63, 3.8) is 0 Å². The lowest BCUT2D eigenvalue weighted by molar-refractivity contribution is -0.384. The molecule has 0 saturated carbocycles. The molecule has 0 radical (unpaired) electrons. The fraction of sp³-hybridized carbons (Fsp3) is 0.143. The predicted octanol–water partition coefficient (Wildman–Crippen LogP) is 4.44. The van der Waals surface area contributed by atoms with Crippen molar-refractivity contribution < 1.29 is 19.2 Å². The molecule has 146 valence electrons. The van der Waals surface area contributed by atoms with E-state index in [0.29, 0.717) is 33.9 Å². The van der Waals surface area contributed by atoms with Crippen LogP contribution in [0.5, 0.6) is 11.5 Å². The quantitative estimate of drug-likeness (QED) is 0.349. The monoisotopic (exact) mass is 391 g/mol. The first-order valence-electron chi connectivity index (χ1n) is 8.74. The van der Waals surface area contributed by atoms with Crippen molar-refractivity contribution in [1.29, 1.82) is 5.26 Å². The van der Waals surface area contributed by atoms with Crippen molar-refractivity contribution >= 4 is 11.7 Å². The Kier molecular flexibility index (Phi) is 5.60. The molecule has 3 rings (SSSR count). The molecule has 0 bridgehead atoms. The van der Waals surface area contributed by atoms with E-state index in [1.807, 2.05) is 0 Å². The van der Waals surface area contributed by atoms with E-state index in [-0.39, 0.29) is 12.3 Å². The number of aromatic nitrogens is 1. The maximum Gasteiger partial charge on any atom is 0.355 e. The van der Waals surface area contributed by atoms with Gasteiger partial charge in [0, 0.05) is 30.9 Å². The maximum atomic E-state index is 12.3. The van der Waals surface area contributed by atoms with Crippen LogP contribution in [-0.2, 0) is 11.8 Å². The number of nitro benzene ring substituents is 1. The van der Waals surface area contributed by atoms with Gasteiger partial charge in [-0.15, -0.1) is 0 Å². The molecular formula is C21H17N3O5. The molecule has 0 fully saturated rings. The number of benzene rings is 2. The number of aryl methyl sites for hydroxylation is 1. The summed E-state index contributed by atoms with van der Waals surface area (Å²) in [7, 11) is 1.68. The number of non-ortho nitro benzene ring substituents is 1. The van der Waals surface area contributed by atoms with Gasteiger partial charge in [0.25, 0.3) is 5.69 Å². The van der Waals surface area contributed by atoms with Crippen LogP contribution in [0, 0.1) is 21.4 Å². The second-order valence-corrected chi connectivity index (χ2v) is 6.09. The SMILES string of the molecule is CCOC(=O)c1c(-c2ccc(Oc3ccc([N+](=O)[O-])cc3)cc2)c(C#N)cn1C. The number of nitrogens with zero attached hydrogens (tertiary/aromatic N) is 3. The smallest absolute Gasteiger partial charge is 0.355 e. The van der Waals surface area contributed by atoms with E-state index < -0.39 is 10.9 Å². The molecule has 0 unspecified atom stereocenters. The van der Waals surface area contributed by atoms with Crippen molar-refractivity contribution in [3.05, 3.63) is 76.1 Å². The number of rotatable bonds is 6. The first kappa shape index (κ1) is 19.6. The molecule has 0 N–H and O–H groups in total. The molecule has 1 aromatic heterocycles. The number of hydrogen-bond donors (Lipinski definition) is 0. The van der Waals surface area contributed by atoms with Crippen LogP contribution in [0.15, 0.2) is 54.7 Å². The van der Waals surface area contributed by atoms with Gasteiger partial charge < -0.3 is 14.0 Å². The molecule has 1 heterocycles. The van der Waals surface area contributed by atoms with Crippen LogP contribution in [0.1, 0.15) is 23.0 Å². The molecule has 0 aliphatic carbocycles. The van der Waals surface area contributed by atoms with Crippen LogP contribution in [0.2, 0.25) is 0 Å². The summed E-state index contributed by atoms with van der Waals surface area (Å²) in [6.07, 6.45) is 1.59. The fourth-order valence-corrected chi connectivity index (χ4v) is 2.91. The van der Waals surface area contributed by atoms with Gasteiger partial charge in [0.2, 0.25) is 0 Å². The lowest BCUT2D eigenvalue weighted by atomic mass is 10.0. The predicted molar refractivity (Wildman–Crippen MR) is 105 cm³/mol. The Morgan fingerprint density at radius 1 is 1.14 bits per heavy atom. The minimum Gasteiger partial charge on any atom is -0.461 e. The number of nitro groups is 1. The van der Waals surface area contributed by atoms with Gasteiger partial charge in [-0.2, -0.15) is 5.26 Å². The van der Waals surface area contributed by atoms with Crippen molar-refractivity contribution in [3.8, 4) is 28.7 Å². The van der Waals surface area contributed by atoms with E-state index in [2.05, 4.69) is 6.07 Å². The zero-order chi connectivity index (χ0) is 21.0. The van der Waals surface area contributed by atoms with Crippen LogP contribution in [0.25, 0.3) is 11.1 Å². The number of carbonyl (C=O) groups excluding carboxylic acids is 1. The molecule has 0 amide bonds. The lowest BCUT2D eigenvalue weighted by Crippen LogP contribution is -2.10. The van der Waals surface area contributed by atoms with Crippen LogP contribution in [-0.4, -0.2) is 22.1 Å². The van der Waals surface area contributed by atoms with Crippen molar-refractivity contribution in [2.45, 2.75) is 6.92 Å². The van der Waals surface area contributed by atoms with Gasteiger partial charge in [-0.3, -0.25) is 10.1 Å². The lowest BCUT2D eigenvalue weighted by Gasteiger charge is -2.09. The summed E-state index contributed by atoms with van der Waals surface area (Å²) in [4.78, 5) is 22.6. The first-order valence-corrected chi connectivity index (χ1v) is 8.74. The third-order valence-corrected chi connectivity index (χ3v) is 4.20. The third kappa shape index (κ3) is 4.09. The number of carbonyl (C=O) groups is 1. The molecule has 3 aromatic rings. The summed E-state index contributed by atoms with van der Waals surface area (Å²) in [5.74, 6) is 0.459. The molecule has 2 aromatic carbocycles. The summed E-state index contributed by atoms with van der Waals surface area (Å²) in [6, 6.07) is 14.7. The number of esters is 1. The Balaban J connectivity index is 1.89. The normalized spacial score (nSPS) is 10.2. The van der Waals surface area contributed by atoms with E-state index in [4.69, 9.17) is 9.47 Å². The van der Waals surface area contributed by atoms with E-state index >= 15 is 0 Å². The van der Waals surface area contributed by atoms with E-state index in [9.17, 15) is 20.2 Å². The van der Waals surface area contributed by atoms with Crippen LogP contribution < -0.4 is 4.74 Å². The minimum atomic E-state index is -0.502. The first-order chi connectivity index (χ1) is 13.9. The second-order valence-electron chi connectivity index (χ2n) is 6.09. The van der Waals surface area contributed by atoms with Crippen LogP contribution >= 0.6 is 0 Å². The van der Waals surface area contributed by atoms with Crippen molar-refractivity contribution in [1.82, 2.24) is 4.57 Å². The van der Waals surface area contributed by atoms with Gasteiger partial charge in [-0.25, -0.2) is 4.79 Å². The summed E-state index contributed by atoms with van der Waals surface area (Å²) in [5.41, 5.74) is 1.80.